The van der Waals surface area contributed by atoms with Gasteiger partial charge in [-0.3, -0.25) is 4.98 Å². The van der Waals surface area contributed by atoms with Crippen molar-refractivity contribution in [3.05, 3.63) is 84.9 Å². The van der Waals surface area contributed by atoms with Crippen LogP contribution in [0, 0.1) is 0 Å². The Balaban J connectivity index is 1.28. The Bertz CT molecular complexity index is 1310. The van der Waals surface area contributed by atoms with Crippen molar-refractivity contribution in [2.75, 3.05) is 6.61 Å². The minimum Gasteiger partial charge on any atom is -0.490 e. The van der Waals surface area contributed by atoms with Crippen LogP contribution >= 0.6 is 0 Å². The Hall–Kier alpha value is -3.77. The SMILES string of the molecule is NC(COc1cncc(-c2ccc3nnccc3c2)c1)Cc1c[nH]c2ccccc12. The van der Waals surface area contributed by atoms with Gasteiger partial charge in [0.25, 0.3) is 0 Å². The van der Waals surface area contributed by atoms with E-state index in [1.807, 2.05) is 48.8 Å². The van der Waals surface area contributed by atoms with Gasteiger partial charge in [-0.25, -0.2) is 0 Å². The second kappa shape index (κ2) is 7.93. The van der Waals surface area contributed by atoms with E-state index in [0.717, 1.165) is 34.0 Å². The highest BCUT2D eigenvalue weighted by Gasteiger charge is 2.10. The second-order valence-corrected chi connectivity index (χ2v) is 7.35. The number of aromatic amines is 1. The minimum atomic E-state index is -0.118. The fourth-order valence-corrected chi connectivity index (χ4v) is 3.67. The molecule has 6 nitrogen and oxygen atoms in total. The summed E-state index contributed by atoms with van der Waals surface area (Å²) in [5.74, 6) is 0.704. The Morgan fingerprint density at radius 1 is 1.00 bits per heavy atom. The molecule has 0 fully saturated rings. The number of nitrogens with one attached hydrogen (secondary N) is 1. The van der Waals surface area contributed by atoms with Crippen LogP contribution in [0.5, 0.6) is 5.75 Å². The number of hydrogen-bond acceptors (Lipinski definition) is 5. The smallest absolute Gasteiger partial charge is 0.138 e. The summed E-state index contributed by atoms with van der Waals surface area (Å²) in [6.45, 7) is 0.415. The van der Waals surface area contributed by atoms with Crippen molar-refractivity contribution in [2.24, 2.45) is 5.73 Å². The zero-order valence-electron chi connectivity index (χ0n) is 16.3. The maximum absolute atomic E-state index is 6.34. The summed E-state index contributed by atoms with van der Waals surface area (Å²) in [7, 11) is 0. The predicted octanol–water partition coefficient (Wildman–Crippen LogP) is 4.12. The molecule has 0 radical (unpaired) electrons. The Kier molecular flexibility index (Phi) is 4.83. The first kappa shape index (κ1) is 18.3. The van der Waals surface area contributed by atoms with Crippen molar-refractivity contribution in [2.45, 2.75) is 12.5 Å². The van der Waals surface area contributed by atoms with Gasteiger partial charge < -0.3 is 15.5 Å². The van der Waals surface area contributed by atoms with E-state index >= 15 is 0 Å². The normalized spacial score (nSPS) is 12.3. The molecule has 0 aliphatic carbocycles. The summed E-state index contributed by atoms with van der Waals surface area (Å²) in [6.07, 6.45) is 8.00. The third-order valence-corrected chi connectivity index (χ3v) is 5.18. The highest BCUT2D eigenvalue weighted by molar-refractivity contribution is 5.84. The number of fused-ring (bicyclic) bond motifs is 2. The zero-order chi connectivity index (χ0) is 20.3. The van der Waals surface area contributed by atoms with Crippen molar-refractivity contribution in [3.63, 3.8) is 0 Å². The number of H-pyrrole nitrogens is 1. The maximum atomic E-state index is 6.34. The summed E-state index contributed by atoms with van der Waals surface area (Å²) in [4.78, 5) is 7.63. The Morgan fingerprint density at radius 3 is 2.90 bits per heavy atom. The average Bonchev–Trinajstić information content (AvgIpc) is 3.20. The molecule has 5 aromatic rings. The van der Waals surface area contributed by atoms with Gasteiger partial charge in [0.15, 0.2) is 0 Å². The van der Waals surface area contributed by atoms with Gasteiger partial charge in [-0.2, -0.15) is 10.2 Å². The van der Waals surface area contributed by atoms with Crippen molar-refractivity contribution in [1.82, 2.24) is 20.2 Å². The van der Waals surface area contributed by atoms with Crippen LogP contribution in [-0.4, -0.2) is 32.8 Å². The number of nitrogens with zero attached hydrogens (tertiary/aromatic N) is 3. The lowest BCUT2D eigenvalue weighted by molar-refractivity contribution is 0.287. The van der Waals surface area contributed by atoms with E-state index in [4.69, 9.17) is 10.5 Å². The lowest BCUT2D eigenvalue weighted by Crippen LogP contribution is -2.30. The van der Waals surface area contributed by atoms with Gasteiger partial charge in [0, 0.05) is 40.3 Å². The van der Waals surface area contributed by atoms with Crippen molar-refractivity contribution < 1.29 is 4.74 Å². The van der Waals surface area contributed by atoms with Gasteiger partial charge in [0.05, 0.1) is 17.9 Å². The van der Waals surface area contributed by atoms with Gasteiger partial charge in [0.1, 0.15) is 12.4 Å². The maximum Gasteiger partial charge on any atom is 0.138 e. The van der Waals surface area contributed by atoms with E-state index in [0.29, 0.717) is 12.4 Å². The van der Waals surface area contributed by atoms with Gasteiger partial charge in [0.2, 0.25) is 0 Å². The largest absolute Gasteiger partial charge is 0.490 e. The van der Waals surface area contributed by atoms with E-state index in [1.165, 1.54) is 10.9 Å². The zero-order valence-corrected chi connectivity index (χ0v) is 16.3. The summed E-state index contributed by atoms with van der Waals surface area (Å²) in [5.41, 5.74) is 11.6. The molecule has 3 heterocycles. The van der Waals surface area contributed by atoms with Crippen LogP contribution in [0.4, 0.5) is 0 Å². The molecule has 5 rings (SSSR count). The molecule has 0 saturated heterocycles. The number of para-hydroxylation sites is 1. The average molecular weight is 395 g/mol. The summed E-state index contributed by atoms with van der Waals surface area (Å²) in [5, 5.41) is 10.3. The monoisotopic (exact) mass is 395 g/mol. The number of hydrogen-bond donors (Lipinski definition) is 2. The van der Waals surface area contributed by atoms with Crippen LogP contribution < -0.4 is 10.5 Å². The van der Waals surface area contributed by atoms with Crippen LogP contribution in [-0.2, 0) is 6.42 Å². The third kappa shape index (κ3) is 3.73. The molecule has 0 spiro atoms. The lowest BCUT2D eigenvalue weighted by atomic mass is 10.1. The molecule has 0 saturated carbocycles. The van der Waals surface area contributed by atoms with Crippen LogP contribution in [0.2, 0.25) is 0 Å². The Labute approximate surface area is 173 Å². The molecule has 0 bridgehead atoms. The van der Waals surface area contributed by atoms with E-state index in [1.54, 1.807) is 12.4 Å². The molecule has 3 aromatic heterocycles. The number of aromatic nitrogens is 4. The Morgan fingerprint density at radius 2 is 1.93 bits per heavy atom. The highest BCUT2D eigenvalue weighted by Crippen LogP contribution is 2.26. The number of pyridine rings is 1. The van der Waals surface area contributed by atoms with Gasteiger partial charge >= 0.3 is 0 Å². The van der Waals surface area contributed by atoms with Crippen LogP contribution in [0.3, 0.4) is 0 Å². The minimum absolute atomic E-state index is 0.118. The first-order valence-corrected chi connectivity index (χ1v) is 9.86. The molecule has 6 heteroatoms. The predicted molar refractivity (Wildman–Crippen MR) is 118 cm³/mol. The number of ether oxygens (including phenoxy) is 1. The molecule has 3 N–H and O–H groups in total. The van der Waals surface area contributed by atoms with Crippen LogP contribution in [0.15, 0.2) is 79.4 Å². The fourth-order valence-electron chi connectivity index (χ4n) is 3.67. The van der Waals surface area contributed by atoms with E-state index in [-0.39, 0.29) is 6.04 Å². The van der Waals surface area contributed by atoms with E-state index in [9.17, 15) is 0 Å². The second-order valence-electron chi connectivity index (χ2n) is 7.35. The first-order chi connectivity index (χ1) is 14.8. The molecular formula is C24H21N5O. The number of nitrogens with two attached hydrogens (primary N) is 1. The highest BCUT2D eigenvalue weighted by atomic mass is 16.5. The van der Waals surface area contributed by atoms with Gasteiger partial charge in [-0.05, 0) is 47.9 Å². The molecule has 0 aliphatic rings. The van der Waals surface area contributed by atoms with Crippen molar-refractivity contribution >= 4 is 21.8 Å². The number of benzene rings is 2. The first-order valence-electron chi connectivity index (χ1n) is 9.86. The topological polar surface area (TPSA) is 89.7 Å². The standard InChI is InChI=1S/C24H21N5O/c25-20(10-19-13-27-24-4-2-1-3-22(19)24)15-30-21-11-18(12-26-14-21)16-5-6-23-17(9-16)7-8-28-29-23/h1-9,11-14,20,27H,10,15,25H2. The van der Waals surface area contributed by atoms with Crippen LogP contribution in [0.1, 0.15) is 5.56 Å². The van der Waals surface area contributed by atoms with Crippen LogP contribution in [0.25, 0.3) is 32.9 Å². The van der Waals surface area contributed by atoms with E-state index in [2.05, 4.69) is 38.4 Å². The van der Waals surface area contributed by atoms with Gasteiger partial charge in [-0.15, -0.1) is 0 Å². The molecular weight excluding hydrogens is 374 g/mol. The number of rotatable bonds is 6. The molecule has 0 amide bonds. The van der Waals surface area contributed by atoms with E-state index < -0.39 is 0 Å². The molecule has 1 atom stereocenters. The van der Waals surface area contributed by atoms with Crippen molar-refractivity contribution in [1.29, 1.82) is 0 Å². The molecule has 30 heavy (non-hydrogen) atoms. The summed E-state index contributed by atoms with van der Waals surface area (Å²) < 4.78 is 5.96. The van der Waals surface area contributed by atoms with Gasteiger partial charge in [-0.1, -0.05) is 24.3 Å². The molecule has 0 aliphatic heterocycles. The molecule has 2 aromatic carbocycles. The third-order valence-electron chi connectivity index (χ3n) is 5.18. The molecule has 1 unspecified atom stereocenters. The quantitative estimate of drug-likeness (QED) is 0.451. The fraction of sp³-hybridized carbons (Fsp3) is 0.125. The summed E-state index contributed by atoms with van der Waals surface area (Å²) >= 11 is 0. The van der Waals surface area contributed by atoms with Crippen molar-refractivity contribution in [3.8, 4) is 16.9 Å². The molecule has 148 valence electrons. The summed E-state index contributed by atoms with van der Waals surface area (Å²) in [6, 6.07) is 18.1. The lowest BCUT2D eigenvalue weighted by Gasteiger charge is -2.13.